The molecule has 0 aliphatic carbocycles. The molecule has 1 aliphatic heterocycles. The average Bonchev–Trinajstić information content (AvgIpc) is 3.16. The van der Waals surface area contributed by atoms with Gasteiger partial charge in [-0.25, -0.2) is 4.98 Å². The maximum Gasteiger partial charge on any atom is 0.262 e. The number of hydrogen-bond donors (Lipinski definition) is 1. The smallest absolute Gasteiger partial charge is 0.262 e. The van der Waals surface area contributed by atoms with Gasteiger partial charge in [-0.3, -0.25) is 4.79 Å². The van der Waals surface area contributed by atoms with E-state index in [0.29, 0.717) is 5.75 Å². The lowest BCUT2D eigenvalue weighted by Crippen LogP contribution is -2.33. The number of rotatable bonds is 5. The molecular weight excluding hydrogens is 376 g/mol. The van der Waals surface area contributed by atoms with E-state index in [2.05, 4.69) is 39.0 Å². The zero-order chi connectivity index (χ0) is 20.3. The molecule has 6 nitrogen and oxygen atoms in total. The van der Waals surface area contributed by atoms with E-state index in [-0.39, 0.29) is 12.5 Å². The molecule has 150 valence electrons. The van der Waals surface area contributed by atoms with Gasteiger partial charge in [0.15, 0.2) is 6.61 Å². The number of imidazole rings is 1. The van der Waals surface area contributed by atoms with Crippen LogP contribution in [0.2, 0.25) is 0 Å². The molecule has 0 spiro atoms. The summed E-state index contributed by atoms with van der Waals surface area (Å²) in [5, 5.41) is 2.92. The Morgan fingerprint density at radius 3 is 2.70 bits per heavy atom. The highest BCUT2D eigenvalue weighted by Gasteiger charge is 2.20. The van der Waals surface area contributed by atoms with Gasteiger partial charge in [0.05, 0.1) is 17.6 Å². The standard InChI is InChI=1S/C24H22N4O2/c29-24(17-30-20-9-2-1-3-10-20)25-18-7-6-8-19(15-18)27-13-14-28-22-12-5-4-11-21(22)26-23(28)16-27/h1-12,15H,13-14,16-17H2,(H,25,29). The Labute approximate surface area is 174 Å². The number of nitrogens with one attached hydrogen (secondary N) is 1. The first kappa shape index (κ1) is 18.2. The van der Waals surface area contributed by atoms with Crippen LogP contribution < -0.4 is 15.0 Å². The summed E-state index contributed by atoms with van der Waals surface area (Å²) < 4.78 is 7.81. The normalized spacial score (nSPS) is 13.1. The third-order valence-corrected chi connectivity index (χ3v) is 5.27. The van der Waals surface area contributed by atoms with E-state index in [0.717, 1.165) is 42.4 Å². The van der Waals surface area contributed by atoms with Crippen LogP contribution >= 0.6 is 0 Å². The first-order chi connectivity index (χ1) is 14.8. The predicted molar refractivity (Wildman–Crippen MR) is 118 cm³/mol. The van der Waals surface area contributed by atoms with E-state index in [1.807, 2.05) is 54.6 Å². The third kappa shape index (κ3) is 3.72. The molecule has 4 aromatic rings. The number of hydrogen-bond acceptors (Lipinski definition) is 4. The molecule has 1 aliphatic rings. The van der Waals surface area contributed by atoms with Crippen molar-refractivity contribution in [3.63, 3.8) is 0 Å². The second-order valence-corrected chi connectivity index (χ2v) is 7.29. The lowest BCUT2D eigenvalue weighted by Gasteiger charge is -2.30. The summed E-state index contributed by atoms with van der Waals surface area (Å²) in [5.41, 5.74) is 4.05. The Bertz CT molecular complexity index is 1190. The number of benzene rings is 3. The summed E-state index contributed by atoms with van der Waals surface area (Å²) in [4.78, 5) is 19.4. The molecule has 0 saturated carbocycles. The Morgan fingerprint density at radius 1 is 0.967 bits per heavy atom. The minimum absolute atomic E-state index is 0.0258. The van der Waals surface area contributed by atoms with Crippen LogP contribution in [-0.4, -0.2) is 28.6 Å². The Morgan fingerprint density at radius 2 is 1.80 bits per heavy atom. The number of amides is 1. The van der Waals surface area contributed by atoms with Crippen LogP contribution in [0.25, 0.3) is 11.0 Å². The van der Waals surface area contributed by atoms with Crippen molar-refractivity contribution in [1.29, 1.82) is 0 Å². The maximum atomic E-state index is 12.3. The molecular formula is C24H22N4O2. The van der Waals surface area contributed by atoms with Gasteiger partial charge in [-0.1, -0.05) is 36.4 Å². The van der Waals surface area contributed by atoms with Crippen molar-refractivity contribution in [2.45, 2.75) is 13.1 Å². The molecule has 0 radical (unpaired) electrons. The molecule has 0 unspecified atom stereocenters. The molecule has 0 bridgehead atoms. The summed E-state index contributed by atoms with van der Waals surface area (Å²) >= 11 is 0. The van der Waals surface area contributed by atoms with Crippen LogP contribution in [0, 0.1) is 0 Å². The number of aromatic nitrogens is 2. The van der Waals surface area contributed by atoms with Gasteiger partial charge >= 0.3 is 0 Å². The highest BCUT2D eigenvalue weighted by atomic mass is 16.5. The second kappa shape index (κ2) is 7.91. The van der Waals surface area contributed by atoms with Crippen LogP contribution in [0.1, 0.15) is 5.82 Å². The largest absolute Gasteiger partial charge is 0.484 e. The number of para-hydroxylation sites is 3. The minimum atomic E-state index is -0.184. The quantitative estimate of drug-likeness (QED) is 0.550. The molecule has 0 saturated heterocycles. The van der Waals surface area contributed by atoms with E-state index in [9.17, 15) is 4.79 Å². The molecule has 3 aromatic carbocycles. The predicted octanol–water partition coefficient (Wildman–Crippen LogP) is 4.07. The molecule has 6 heteroatoms. The van der Waals surface area contributed by atoms with E-state index in [1.54, 1.807) is 0 Å². The van der Waals surface area contributed by atoms with E-state index in [4.69, 9.17) is 9.72 Å². The van der Waals surface area contributed by atoms with Crippen LogP contribution in [-0.2, 0) is 17.9 Å². The van der Waals surface area contributed by atoms with Crippen LogP contribution in [0.5, 0.6) is 5.75 Å². The van der Waals surface area contributed by atoms with Crippen molar-refractivity contribution in [1.82, 2.24) is 9.55 Å². The second-order valence-electron chi connectivity index (χ2n) is 7.29. The van der Waals surface area contributed by atoms with Crippen LogP contribution in [0.3, 0.4) is 0 Å². The monoisotopic (exact) mass is 398 g/mol. The van der Waals surface area contributed by atoms with Crippen molar-refractivity contribution >= 4 is 28.3 Å². The lowest BCUT2D eigenvalue weighted by molar-refractivity contribution is -0.118. The van der Waals surface area contributed by atoms with Gasteiger partial charge in [-0.2, -0.15) is 0 Å². The van der Waals surface area contributed by atoms with E-state index >= 15 is 0 Å². The first-order valence-corrected chi connectivity index (χ1v) is 10.0. The third-order valence-electron chi connectivity index (χ3n) is 5.27. The van der Waals surface area contributed by atoms with Gasteiger partial charge in [-0.05, 0) is 42.5 Å². The highest BCUT2D eigenvalue weighted by Crippen LogP contribution is 2.26. The van der Waals surface area contributed by atoms with Crippen LogP contribution in [0.4, 0.5) is 11.4 Å². The minimum Gasteiger partial charge on any atom is -0.484 e. The van der Waals surface area contributed by atoms with Gasteiger partial charge in [0.2, 0.25) is 0 Å². The zero-order valence-electron chi connectivity index (χ0n) is 16.5. The van der Waals surface area contributed by atoms with Crippen molar-refractivity contribution in [3.05, 3.63) is 84.7 Å². The number of ether oxygens (including phenoxy) is 1. The number of anilines is 2. The summed E-state index contributed by atoms with van der Waals surface area (Å²) in [6.07, 6.45) is 0. The fourth-order valence-corrected chi connectivity index (χ4v) is 3.83. The maximum absolute atomic E-state index is 12.3. The Kier molecular flexibility index (Phi) is 4.81. The Hall–Kier alpha value is -3.80. The summed E-state index contributed by atoms with van der Waals surface area (Å²) in [5.74, 6) is 1.56. The fourth-order valence-electron chi connectivity index (χ4n) is 3.83. The molecule has 5 rings (SSSR count). The number of nitrogens with zero attached hydrogens (tertiary/aromatic N) is 3. The van der Waals surface area contributed by atoms with Crippen molar-refractivity contribution in [2.75, 3.05) is 23.4 Å². The highest BCUT2D eigenvalue weighted by molar-refractivity contribution is 5.92. The summed E-state index contributed by atoms with van der Waals surface area (Å²) in [7, 11) is 0. The number of carbonyl (C=O) groups is 1. The first-order valence-electron chi connectivity index (χ1n) is 10.0. The average molecular weight is 398 g/mol. The van der Waals surface area contributed by atoms with Gasteiger partial charge < -0.3 is 19.5 Å². The molecule has 2 heterocycles. The van der Waals surface area contributed by atoms with E-state index in [1.165, 1.54) is 5.52 Å². The van der Waals surface area contributed by atoms with Gasteiger partial charge in [0, 0.05) is 24.5 Å². The summed E-state index contributed by atoms with van der Waals surface area (Å²) in [6, 6.07) is 25.5. The molecule has 0 atom stereocenters. The number of carbonyl (C=O) groups excluding carboxylic acids is 1. The SMILES string of the molecule is O=C(COc1ccccc1)Nc1cccc(N2CCn3c(nc4ccccc43)C2)c1. The van der Waals surface area contributed by atoms with E-state index < -0.39 is 0 Å². The van der Waals surface area contributed by atoms with Gasteiger partial charge in [0.25, 0.3) is 5.91 Å². The fraction of sp³-hybridized carbons (Fsp3) is 0.167. The molecule has 1 amide bonds. The van der Waals surface area contributed by atoms with Crippen LogP contribution in [0.15, 0.2) is 78.9 Å². The molecule has 0 fully saturated rings. The van der Waals surface area contributed by atoms with Gasteiger partial charge in [0.1, 0.15) is 11.6 Å². The van der Waals surface area contributed by atoms with Gasteiger partial charge in [-0.15, -0.1) is 0 Å². The number of fused-ring (bicyclic) bond motifs is 3. The Balaban J connectivity index is 1.26. The van der Waals surface area contributed by atoms with Crippen molar-refractivity contribution in [2.24, 2.45) is 0 Å². The molecule has 1 aromatic heterocycles. The van der Waals surface area contributed by atoms with Crippen molar-refractivity contribution in [3.8, 4) is 5.75 Å². The molecule has 30 heavy (non-hydrogen) atoms. The summed E-state index contributed by atoms with van der Waals surface area (Å²) in [6.45, 7) is 2.49. The topological polar surface area (TPSA) is 59.4 Å². The van der Waals surface area contributed by atoms with Crippen molar-refractivity contribution < 1.29 is 9.53 Å². The molecule has 1 N–H and O–H groups in total. The lowest BCUT2D eigenvalue weighted by atomic mass is 10.2. The zero-order valence-corrected chi connectivity index (χ0v) is 16.5.